The van der Waals surface area contributed by atoms with E-state index < -0.39 is 21.7 Å². The molecule has 110 valence electrons. The fraction of sp³-hybridized carbons (Fsp3) is 0.0714. The number of amides is 1. The lowest BCUT2D eigenvalue weighted by Crippen LogP contribution is -2.19. The first-order valence-electron chi connectivity index (χ1n) is 6.03. The van der Waals surface area contributed by atoms with Gasteiger partial charge in [-0.3, -0.25) is 4.79 Å². The summed E-state index contributed by atoms with van der Waals surface area (Å²) in [7, 11) is -2.32. The van der Waals surface area contributed by atoms with Crippen molar-refractivity contribution in [3.63, 3.8) is 0 Å². The molecule has 0 atom stereocenters. The molecule has 1 amide bonds. The number of hydrogen-bond donors (Lipinski definition) is 2. The summed E-state index contributed by atoms with van der Waals surface area (Å²) in [5.41, 5.74) is 0.610. The molecule has 0 aromatic heterocycles. The third-order valence-corrected chi connectivity index (χ3v) is 4.19. The van der Waals surface area contributed by atoms with Crippen LogP contribution in [-0.4, -0.2) is 21.4 Å². The highest BCUT2D eigenvalue weighted by atomic mass is 32.2. The lowest BCUT2D eigenvalue weighted by Gasteiger charge is -2.07. The highest BCUT2D eigenvalue weighted by Crippen LogP contribution is 2.14. The highest BCUT2D eigenvalue weighted by molar-refractivity contribution is 7.89. The van der Waals surface area contributed by atoms with Crippen LogP contribution in [-0.2, 0) is 10.0 Å². The van der Waals surface area contributed by atoms with Gasteiger partial charge in [-0.25, -0.2) is 17.5 Å². The molecule has 2 aromatic rings. The van der Waals surface area contributed by atoms with Crippen LogP contribution in [0.5, 0.6) is 0 Å². The van der Waals surface area contributed by atoms with Crippen LogP contribution in [0.15, 0.2) is 53.4 Å². The third-order valence-electron chi connectivity index (χ3n) is 2.78. The summed E-state index contributed by atoms with van der Waals surface area (Å²) in [6, 6.07) is 10.9. The molecule has 2 rings (SSSR count). The maximum atomic E-state index is 12.8. The predicted octanol–water partition coefficient (Wildman–Crippen LogP) is 1.99. The Balaban J connectivity index is 2.24. The van der Waals surface area contributed by atoms with Gasteiger partial charge in [-0.05, 0) is 49.5 Å². The molecule has 0 spiro atoms. The van der Waals surface area contributed by atoms with Gasteiger partial charge in [0.2, 0.25) is 10.0 Å². The van der Waals surface area contributed by atoms with E-state index in [9.17, 15) is 17.6 Å². The van der Waals surface area contributed by atoms with Crippen molar-refractivity contribution in [1.29, 1.82) is 0 Å². The Morgan fingerprint density at radius 3 is 2.38 bits per heavy atom. The first kappa shape index (κ1) is 15.1. The summed E-state index contributed by atoms with van der Waals surface area (Å²) < 4.78 is 38.3. The van der Waals surface area contributed by atoms with E-state index in [0.29, 0.717) is 5.69 Å². The Morgan fingerprint density at radius 1 is 1.10 bits per heavy atom. The Labute approximate surface area is 121 Å². The maximum absolute atomic E-state index is 12.8. The molecule has 0 aliphatic rings. The third kappa shape index (κ3) is 3.65. The van der Waals surface area contributed by atoms with Crippen molar-refractivity contribution in [2.24, 2.45) is 0 Å². The molecule has 0 unspecified atom stereocenters. The molecule has 0 aliphatic carbocycles. The molecule has 5 nitrogen and oxygen atoms in total. The van der Waals surface area contributed by atoms with E-state index in [2.05, 4.69) is 10.0 Å². The summed E-state index contributed by atoms with van der Waals surface area (Å²) in [6.07, 6.45) is 0. The Hall–Kier alpha value is -2.25. The number of anilines is 1. The standard InChI is InChI=1S/C14H13FN2O3S/c1-16-21(19,20)13-4-2-3-10(9-13)14(18)17-12-7-5-11(15)6-8-12/h2-9,16H,1H3,(H,17,18). The van der Waals surface area contributed by atoms with E-state index in [-0.39, 0.29) is 10.5 Å². The normalized spacial score (nSPS) is 11.1. The van der Waals surface area contributed by atoms with Gasteiger partial charge in [-0.15, -0.1) is 0 Å². The predicted molar refractivity (Wildman–Crippen MR) is 77.0 cm³/mol. The zero-order valence-electron chi connectivity index (χ0n) is 11.1. The number of carbonyl (C=O) groups excluding carboxylic acids is 1. The number of hydrogen-bond acceptors (Lipinski definition) is 3. The van der Waals surface area contributed by atoms with E-state index >= 15 is 0 Å². The van der Waals surface area contributed by atoms with Crippen molar-refractivity contribution in [3.8, 4) is 0 Å². The minimum Gasteiger partial charge on any atom is -0.322 e. The zero-order chi connectivity index (χ0) is 15.5. The van der Waals surface area contributed by atoms with Crippen LogP contribution >= 0.6 is 0 Å². The molecule has 0 aliphatic heterocycles. The van der Waals surface area contributed by atoms with Crippen molar-refractivity contribution in [2.75, 3.05) is 12.4 Å². The zero-order valence-corrected chi connectivity index (χ0v) is 11.9. The number of halogens is 1. The lowest BCUT2D eigenvalue weighted by atomic mass is 10.2. The van der Waals surface area contributed by atoms with Gasteiger partial charge < -0.3 is 5.32 Å². The van der Waals surface area contributed by atoms with Crippen LogP contribution in [0.25, 0.3) is 0 Å². The summed E-state index contributed by atoms with van der Waals surface area (Å²) >= 11 is 0. The second-order valence-electron chi connectivity index (χ2n) is 4.20. The molecule has 2 N–H and O–H groups in total. The second kappa shape index (κ2) is 6.02. The second-order valence-corrected chi connectivity index (χ2v) is 6.08. The van der Waals surface area contributed by atoms with Gasteiger partial charge in [-0.1, -0.05) is 6.07 Å². The summed E-state index contributed by atoms with van der Waals surface area (Å²) in [4.78, 5) is 12.0. The monoisotopic (exact) mass is 308 g/mol. The molecule has 2 aromatic carbocycles. The maximum Gasteiger partial charge on any atom is 0.255 e. The molecule has 0 saturated carbocycles. The van der Waals surface area contributed by atoms with E-state index in [1.165, 1.54) is 55.6 Å². The van der Waals surface area contributed by atoms with Gasteiger partial charge >= 0.3 is 0 Å². The van der Waals surface area contributed by atoms with Crippen LogP contribution in [0.1, 0.15) is 10.4 Å². The van der Waals surface area contributed by atoms with Crippen molar-refractivity contribution in [2.45, 2.75) is 4.90 Å². The highest BCUT2D eigenvalue weighted by Gasteiger charge is 2.14. The smallest absolute Gasteiger partial charge is 0.255 e. The van der Waals surface area contributed by atoms with E-state index in [1.54, 1.807) is 0 Å². The first-order valence-corrected chi connectivity index (χ1v) is 7.51. The van der Waals surface area contributed by atoms with Gasteiger partial charge in [0.1, 0.15) is 5.82 Å². The van der Waals surface area contributed by atoms with Crippen LogP contribution in [0, 0.1) is 5.82 Å². The topological polar surface area (TPSA) is 75.3 Å². The fourth-order valence-corrected chi connectivity index (χ4v) is 2.43. The van der Waals surface area contributed by atoms with Crippen LogP contribution in [0.3, 0.4) is 0 Å². The molecule has 0 heterocycles. The lowest BCUT2D eigenvalue weighted by molar-refractivity contribution is 0.102. The summed E-state index contributed by atoms with van der Waals surface area (Å²) in [5.74, 6) is -0.884. The largest absolute Gasteiger partial charge is 0.322 e. The average Bonchev–Trinajstić information content (AvgIpc) is 2.49. The van der Waals surface area contributed by atoms with Crippen molar-refractivity contribution < 1.29 is 17.6 Å². The molecule has 0 saturated heterocycles. The van der Waals surface area contributed by atoms with Gasteiger partial charge in [-0.2, -0.15) is 0 Å². The first-order chi connectivity index (χ1) is 9.92. The van der Waals surface area contributed by atoms with Gasteiger partial charge in [0, 0.05) is 11.3 Å². The Kier molecular flexibility index (Phi) is 4.35. The SMILES string of the molecule is CNS(=O)(=O)c1cccc(C(=O)Nc2ccc(F)cc2)c1. The Bertz CT molecular complexity index is 758. The van der Waals surface area contributed by atoms with Crippen molar-refractivity contribution >= 4 is 21.6 Å². The Morgan fingerprint density at radius 2 is 1.76 bits per heavy atom. The molecule has 0 radical (unpaired) electrons. The van der Waals surface area contributed by atoms with E-state index in [1.807, 2.05) is 0 Å². The average molecular weight is 308 g/mol. The van der Waals surface area contributed by atoms with Crippen LogP contribution in [0.4, 0.5) is 10.1 Å². The fourth-order valence-electron chi connectivity index (χ4n) is 1.66. The van der Waals surface area contributed by atoms with Gasteiger partial charge in [0.15, 0.2) is 0 Å². The van der Waals surface area contributed by atoms with Crippen LogP contribution in [0.2, 0.25) is 0 Å². The number of benzene rings is 2. The van der Waals surface area contributed by atoms with Crippen molar-refractivity contribution in [1.82, 2.24) is 4.72 Å². The number of carbonyl (C=O) groups is 1. The number of rotatable bonds is 4. The molecule has 7 heteroatoms. The summed E-state index contributed by atoms with van der Waals surface area (Å²) in [5, 5.41) is 2.56. The van der Waals surface area contributed by atoms with E-state index in [4.69, 9.17) is 0 Å². The van der Waals surface area contributed by atoms with Crippen molar-refractivity contribution in [3.05, 3.63) is 59.9 Å². The number of nitrogens with one attached hydrogen (secondary N) is 2. The summed E-state index contributed by atoms with van der Waals surface area (Å²) in [6.45, 7) is 0. The van der Waals surface area contributed by atoms with Crippen LogP contribution < -0.4 is 10.0 Å². The molecule has 0 bridgehead atoms. The molecule has 0 fully saturated rings. The van der Waals surface area contributed by atoms with E-state index in [0.717, 1.165) is 0 Å². The minimum absolute atomic E-state index is 0.00300. The van der Waals surface area contributed by atoms with Gasteiger partial charge in [0.05, 0.1) is 4.90 Å². The number of sulfonamides is 1. The molecular formula is C14H13FN2O3S. The quantitative estimate of drug-likeness (QED) is 0.907. The molecule has 21 heavy (non-hydrogen) atoms. The minimum atomic E-state index is -3.61. The molecular weight excluding hydrogens is 295 g/mol. The van der Waals surface area contributed by atoms with Gasteiger partial charge in [0.25, 0.3) is 5.91 Å².